The maximum atomic E-state index is 11.0. The molecule has 1 N–H and O–H groups in total. The molecule has 0 spiro atoms. The highest BCUT2D eigenvalue weighted by Gasteiger charge is 2.13. The van der Waals surface area contributed by atoms with Crippen molar-refractivity contribution in [2.45, 2.75) is 6.42 Å². The number of carbonyl (C=O) groups is 1. The molecule has 0 aliphatic carbocycles. The van der Waals surface area contributed by atoms with Gasteiger partial charge in [0.25, 0.3) is 0 Å². The van der Waals surface area contributed by atoms with Gasteiger partial charge in [-0.1, -0.05) is 71.7 Å². The van der Waals surface area contributed by atoms with Gasteiger partial charge in [-0.2, -0.15) is 0 Å². The number of aliphatic carboxylic acids is 1. The second-order valence-corrected chi connectivity index (χ2v) is 5.77. The summed E-state index contributed by atoms with van der Waals surface area (Å²) in [5.41, 5.74) is 2.56. The molecule has 0 atom stereocenters. The highest BCUT2D eigenvalue weighted by Crippen LogP contribution is 2.38. The van der Waals surface area contributed by atoms with E-state index in [1.54, 1.807) is 6.07 Å². The lowest BCUT2D eigenvalue weighted by molar-refractivity contribution is -0.136. The van der Waals surface area contributed by atoms with Gasteiger partial charge >= 0.3 is 5.97 Å². The van der Waals surface area contributed by atoms with Crippen molar-refractivity contribution >= 4 is 39.9 Å². The largest absolute Gasteiger partial charge is 0.481 e. The van der Waals surface area contributed by atoms with Crippen LogP contribution in [0.1, 0.15) is 5.56 Å². The average Bonchev–Trinajstić information content (AvgIpc) is 2.50. The Labute approximate surface area is 137 Å². The van der Waals surface area contributed by atoms with Gasteiger partial charge in [-0.05, 0) is 28.0 Å². The van der Waals surface area contributed by atoms with Gasteiger partial charge < -0.3 is 5.11 Å². The van der Waals surface area contributed by atoms with E-state index in [1.165, 1.54) is 0 Å². The highest BCUT2D eigenvalue weighted by atomic mass is 35.5. The molecule has 0 saturated heterocycles. The molecule has 0 aromatic heterocycles. The third-order valence-electron chi connectivity index (χ3n) is 3.60. The van der Waals surface area contributed by atoms with Crippen LogP contribution in [-0.2, 0) is 11.2 Å². The SMILES string of the molecule is O=C(O)Cc1ccc(-c2cccc(Cl)c2Cl)c2ccccc12. The fourth-order valence-corrected chi connectivity index (χ4v) is 3.03. The Morgan fingerprint density at radius 2 is 1.59 bits per heavy atom. The van der Waals surface area contributed by atoms with Crippen molar-refractivity contribution in [3.05, 3.63) is 70.2 Å². The van der Waals surface area contributed by atoms with E-state index in [2.05, 4.69) is 0 Å². The summed E-state index contributed by atoms with van der Waals surface area (Å²) >= 11 is 12.4. The third kappa shape index (κ3) is 2.68. The minimum atomic E-state index is -0.848. The maximum absolute atomic E-state index is 11.0. The zero-order valence-electron chi connectivity index (χ0n) is 11.5. The normalized spacial score (nSPS) is 10.8. The number of hydrogen-bond acceptors (Lipinski definition) is 1. The molecular weight excluding hydrogens is 319 g/mol. The number of hydrogen-bond donors (Lipinski definition) is 1. The van der Waals surface area contributed by atoms with Crippen LogP contribution in [0.2, 0.25) is 10.0 Å². The van der Waals surface area contributed by atoms with E-state index in [9.17, 15) is 4.79 Å². The monoisotopic (exact) mass is 330 g/mol. The summed E-state index contributed by atoms with van der Waals surface area (Å²) in [6, 6.07) is 17.0. The van der Waals surface area contributed by atoms with Crippen molar-refractivity contribution in [2.75, 3.05) is 0 Å². The maximum Gasteiger partial charge on any atom is 0.307 e. The lowest BCUT2D eigenvalue weighted by atomic mass is 9.94. The van der Waals surface area contributed by atoms with E-state index < -0.39 is 5.97 Å². The van der Waals surface area contributed by atoms with Gasteiger partial charge in [0.15, 0.2) is 0 Å². The molecule has 3 aromatic carbocycles. The Balaban J connectivity index is 2.28. The fraction of sp³-hybridized carbons (Fsp3) is 0.0556. The number of halogens is 2. The number of carboxylic acid groups (broad SMARTS) is 1. The van der Waals surface area contributed by atoms with Crippen molar-refractivity contribution in [2.24, 2.45) is 0 Å². The van der Waals surface area contributed by atoms with Crippen LogP contribution in [0.25, 0.3) is 21.9 Å². The van der Waals surface area contributed by atoms with Gasteiger partial charge in [0, 0.05) is 5.56 Å². The predicted molar refractivity (Wildman–Crippen MR) is 90.7 cm³/mol. The standard InChI is InChI=1S/C18H12Cl2O2/c19-16-7-3-6-15(18(16)20)14-9-8-11(10-17(21)22)12-4-1-2-5-13(12)14/h1-9H,10H2,(H,21,22). The van der Waals surface area contributed by atoms with Crippen molar-refractivity contribution in [1.82, 2.24) is 0 Å². The van der Waals surface area contributed by atoms with Crippen LogP contribution < -0.4 is 0 Å². The van der Waals surface area contributed by atoms with Crippen LogP contribution in [-0.4, -0.2) is 11.1 Å². The van der Waals surface area contributed by atoms with E-state index in [-0.39, 0.29) is 6.42 Å². The summed E-state index contributed by atoms with van der Waals surface area (Å²) in [6.07, 6.45) is -0.00985. The second kappa shape index (κ2) is 5.99. The Morgan fingerprint density at radius 1 is 0.864 bits per heavy atom. The lowest BCUT2D eigenvalue weighted by Crippen LogP contribution is -2.01. The number of benzene rings is 3. The quantitative estimate of drug-likeness (QED) is 0.694. The van der Waals surface area contributed by atoms with Crippen molar-refractivity contribution in [3.63, 3.8) is 0 Å². The summed E-state index contributed by atoms with van der Waals surface area (Å²) in [5.74, 6) is -0.848. The summed E-state index contributed by atoms with van der Waals surface area (Å²) in [5, 5.41) is 11.9. The molecule has 0 fully saturated rings. The number of rotatable bonds is 3. The number of fused-ring (bicyclic) bond motifs is 1. The van der Waals surface area contributed by atoms with Gasteiger partial charge in [0.05, 0.1) is 16.5 Å². The van der Waals surface area contributed by atoms with Gasteiger partial charge in [-0.3, -0.25) is 4.79 Å². The van der Waals surface area contributed by atoms with Crippen molar-refractivity contribution in [1.29, 1.82) is 0 Å². The first kappa shape index (κ1) is 14.9. The molecule has 0 aliphatic heterocycles. The summed E-state index contributed by atoms with van der Waals surface area (Å²) in [4.78, 5) is 11.0. The molecular formula is C18H12Cl2O2. The van der Waals surface area contributed by atoms with E-state index in [4.69, 9.17) is 28.3 Å². The first-order valence-electron chi connectivity index (χ1n) is 6.74. The van der Waals surface area contributed by atoms with E-state index >= 15 is 0 Å². The van der Waals surface area contributed by atoms with Crippen LogP contribution in [0.4, 0.5) is 0 Å². The van der Waals surface area contributed by atoms with Crippen LogP contribution in [0.5, 0.6) is 0 Å². The first-order chi connectivity index (χ1) is 10.6. The smallest absolute Gasteiger partial charge is 0.307 e. The summed E-state index contributed by atoms with van der Waals surface area (Å²) < 4.78 is 0. The molecule has 0 radical (unpaired) electrons. The molecule has 0 aliphatic rings. The second-order valence-electron chi connectivity index (χ2n) is 4.99. The van der Waals surface area contributed by atoms with Crippen LogP contribution >= 0.6 is 23.2 Å². The Hall–Kier alpha value is -2.03. The molecule has 0 saturated carbocycles. The zero-order valence-corrected chi connectivity index (χ0v) is 13.0. The molecule has 3 rings (SSSR count). The molecule has 0 unspecified atom stereocenters. The molecule has 3 aromatic rings. The minimum Gasteiger partial charge on any atom is -0.481 e. The fourth-order valence-electron chi connectivity index (χ4n) is 2.63. The van der Waals surface area contributed by atoms with Gasteiger partial charge in [-0.15, -0.1) is 0 Å². The highest BCUT2D eigenvalue weighted by molar-refractivity contribution is 6.44. The molecule has 0 amide bonds. The first-order valence-corrected chi connectivity index (χ1v) is 7.50. The molecule has 2 nitrogen and oxygen atoms in total. The molecule has 22 heavy (non-hydrogen) atoms. The third-order valence-corrected chi connectivity index (χ3v) is 4.42. The van der Waals surface area contributed by atoms with E-state index in [1.807, 2.05) is 48.5 Å². The van der Waals surface area contributed by atoms with E-state index in [0.29, 0.717) is 10.0 Å². The van der Waals surface area contributed by atoms with Gasteiger partial charge in [-0.25, -0.2) is 0 Å². The molecule has 0 bridgehead atoms. The molecule has 110 valence electrons. The Kier molecular flexibility index (Phi) is 4.06. The minimum absolute atomic E-state index is 0.00985. The van der Waals surface area contributed by atoms with Crippen molar-refractivity contribution in [3.8, 4) is 11.1 Å². The Bertz CT molecular complexity index is 872. The number of carboxylic acids is 1. The average molecular weight is 331 g/mol. The van der Waals surface area contributed by atoms with Crippen LogP contribution in [0.3, 0.4) is 0 Å². The zero-order chi connectivity index (χ0) is 15.7. The molecule has 0 heterocycles. The van der Waals surface area contributed by atoms with Crippen LogP contribution in [0.15, 0.2) is 54.6 Å². The topological polar surface area (TPSA) is 37.3 Å². The van der Waals surface area contributed by atoms with Gasteiger partial charge in [0.2, 0.25) is 0 Å². The predicted octanol–water partition coefficient (Wildman–Crippen LogP) is 5.44. The Morgan fingerprint density at radius 3 is 2.32 bits per heavy atom. The van der Waals surface area contributed by atoms with Gasteiger partial charge in [0.1, 0.15) is 0 Å². The van der Waals surface area contributed by atoms with Crippen molar-refractivity contribution < 1.29 is 9.90 Å². The van der Waals surface area contributed by atoms with Crippen LogP contribution in [0, 0.1) is 0 Å². The molecule has 4 heteroatoms. The lowest BCUT2D eigenvalue weighted by Gasteiger charge is -2.12. The van der Waals surface area contributed by atoms with E-state index in [0.717, 1.165) is 27.5 Å². The summed E-state index contributed by atoms with van der Waals surface area (Å²) in [7, 11) is 0. The summed E-state index contributed by atoms with van der Waals surface area (Å²) in [6.45, 7) is 0.